The molecule has 0 bridgehead atoms. The maximum absolute atomic E-state index is 17.0. The van der Waals surface area contributed by atoms with Crippen LogP contribution in [0.1, 0.15) is 20.8 Å². The van der Waals surface area contributed by atoms with Crippen LogP contribution in [0.4, 0.5) is 83.4 Å². The van der Waals surface area contributed by atoms with Crippen LogP contribution in [-0.4, -0.2) is 31.5 Å². The average Bonchev–Trinajstić information content (AvgIpc) is 3.09. The van der Waals surface area contributed by atoms with Gasteiger partial charge in [-0.3, -0.25) is 4.39 Å². The van der Waals surface area contributed by atoms with E-state index in [1.54, 1.807) is 4.90 Å². The number of rotatable bonds is 7. The number of benzene rings is 3. The number of halogens is 19. The van der Waals surface area contributed by atoms with Crippen molar-refractivity contribution in [3.8, 4) is 0 Å². The molecule has 0 aliphatic carbocycles. The van der Waals surface area contributed by atoms with Crippen LogP contribution in [0.5, 0.6) is 0 Å². The zero-order valence-electron chi connectivity index (χ0n) is 25.5. The van der Waals surface area contributed by atoms with Crippen LogP contribution in [0.15, 0.2) is 23.7 Å². The third-order valence-electron chi connectivity index (χ3n) is 8.23. The van der Waals surface area contributed by atoms with Gasteiger partial charge in [-0.25, -0.2) is 74.6 Å². The lowest BCUT2D eigenvalue weighted by atomic mass is 9.10. The van der Waals surface area contributed by atoms with E-state index in [-0.39, 0.29) is 5.32 Å². The summed E-state index contributed by atoms with van der Waals surface area (Å²) in [5, 5.41) is 0.192. The van der Waals surface area contributed by atoms with Gasteiger partial charge in [0, 0.05) is 6.08 Å². The Balaban J connectivity index is 0.000000908. The molecule has 2 N–H and O–H groups in total. The maximum Gasteiger partial charge on any atom is 0.223 e. The smallest absolute Gasteiger partial charge is 0.223 e. The second-order valence-corrected chi connectivity index (χ2v) is 10.6. The standard InChI is InChI=1S/C23H2BF19N.C6H15N/c25-2-1-3(26)23(43,44-22(2)42)24(4-7(27)13(33)19(39)14(34)8(4)28,5-9(29)15(35)20(40)16(36)10(5)30)6-11(31)17(37)21(41)18(38)12(6)32;1-4-7(5-2)6-3/h1,44H;4-6H2,1-3H3/q-1;/p+1. The topological polar surface area (TPSA) is 16.5 Å². The van der Waals surface area contributed by atoms with E-state index >= 15 is 35.1 Å². The first-order valence-electron chi connectivity index (χ1n) is 14.0. The summed E-state index contributed by atoms with van der Waals surface area (Å²) in [6.45, 7) is 10.5. The largest absolute Gasteiger partial charge is 0.352 e. The van der Waals surface area contributed by atoms with Gasteiger partial charge in [0.05, 0.1) is 19.6 Å². The zero-order valence-corrected chi connectivity index (χ0v) is 25.5. The second-order valence-electron chi connectivity index (χ2n) is 10.6. The molecule has 0 saturated carbocycles. The number of quaternary nitrogens is 1. The Bertz CT molecular complexity index is 1700. The Hall–Kier alpha value is -4.37. The minimum absolute atomic E-state index is 0.192. The first-order chi connectivity index (χ1) is 23.6. The molecule has 51 heavy (non-hydrogen) atoms. The van der Waals surface area contributed by atoms with Crippen molar-refractivity contribution in [3.05, 3.63) is 111 Å². The molecule has 1 heterocycles. The van der Waals surface area contributed by atoms with Gasteiger partial charge in [-0.05, 0) is 20.8 Å². The molecule has 1 unspecified atom stereocenters. The number of dihydropyridines is 1. The summed E-state index contributed by atoms with van der Waals surface area (Å²) in [6, 6.07) is 0. The van der Waals surface area contributed by atoms with E-state index in [1.165, 1.54) is 19.6 Å². The van der Waals surface area contributed by atoms with Gasteiger partial charge in [0.1, 0.15) is 46.4 Å². The quantitative estimate of drug-likeness (QED) is 0.100. The van der Waals surface area contributed by atoms with Crippen LogP contribution in [0, 0.1) is 87.3 Å². The second kappa shape index (κ2) is 14.7. The molecule has 1 aliphatic heterocycles. The minimum atomic E-state index is -7.29. The first kappa shape index (κ1) is 41.1. The van der Waals surface area contributed by atoms with Gasteiger partial charge in [-0.1, -0.05) is 0 Å². The molecule has 4 rings (SSSR count). The molecule has 3 aromatic rings. The van der Waals surface area contributed by atoms with Crippen LogP contribution in [-0.2, 0) is 0 Å². The number of hydrogen-bond acceptors (Lipinski definition) is 1. The number of nitrogens with one attached hydrogen (secondary N) is 2. The lowest BCUT2D eigenvalue weighted by Crippen LogP contribution is -3.11. The van der Waals surface area contributed by atoms with Crippen molar-refractivity contribution >= 4 is 22.5 Å². The van der Waals surface area contributed by atoms with Gasteiger partial charge in [0.25, 0.3) is 0 Å². The molecule has 0 radical (unpaired) electrons. The van der Waals surface area contributed by atoms with E-state index < -0.39 is 139 Å². The molecule has 280 valence electrons. The number of hydrogen-bond donors (Lipinski definition) is 2. The third-order valence-corrected chi connectivity index (χ3v) is 8.23. The Morgan fingerprint density at radius 2 is 0.686 bits per heavy atom. The fourth-order valence-corrected chi connectivity index (χ4v) is 5.66. The lowest BCUT2D eigenvalue weighted by molar-refractivity contribution is -0.894. The van der Waals surface area contributed by atoms with Crippen molar-refractivity contribution in [2.75, 3.05) is 19.6 Å². The first-order valence-corrected chi connectivity index (χ1v) is 14.0. The summed E-state index contributed by atoms with van der Waals surface area (Å²) in [5.74, 6) is -62.1. The van der Waals surface area contributed by atoms with E-state index in [0.717, 1.165) is 0 Å². The van der Waals surface area contributed by atoms with Gasteiger partial charge in [-0.2, -0.15) is 4.39 Å². The van der Waals surface area contributed by atoms with E-state index in [1.807, 2.05) is 0 Å². The number of allylic oxidation sites excluding steroid dienone is 2. The summed E-state index contributed by atoms with van der Waals surface area (Å²) < 4.78 is 281. The molecule has 0 saturated heterocycles. The number of alkyl halides is 1. The van der Waals surface area contributed by atoms with Gasteiger partial charge in [-0.15, -0.1) is 16.4 Å². The lowest BCUT2D eigenvalue weighted by Gasteiger charge is -2.53. The van der Waals surface area contributed by atoms with Crippen LogP contribution >= 0.6 is 0 Å². The Kier molecular flexibility index (Phi) is 11.8. The molecular formula is C29H18BF19N2. The van der Waals surface area contributed by atoms with Gasteiger partial charge in [0.2, 0.25) is 5.95 Å². The van der Waals surface area contributed by atoms with E-state index in [4.69, 9.17) is 0 Å². The molecule has 0 fully saturated rings. The van der Waals surface area contributed by atoms with Crippen LogP contribution < -0.4 is 26.6 Å². The predicted molar refractivity (Wildman–Crippen MR) is 141 cm³/mol. The predicted octanol–water partition coefficient (Wildman–Crippen LogP) is 5.94. The molecule has 0 amide bonds. The van der Waals surface area contributed by atoms with Gasteiger partial charge in [0.15, 0.2) is 64.3 Å². The van der Waals surface area contributed by atoms with Gasteiger partial charge >= 0.3 is 0 Å². The highest BCUT2D eigenvalue weighted by Crippen LogP contribution is 2.41. The fraction of sp³-hybridized carbons (Fsp3) is 0.241. The van der Waals surface area contributed by atoms with E-state index in [9.17, 15) is 48.3 Å². The van der Waals surface area contributed by atoms with E-state index in [0.29, 0.717) is 0 Å². The maximum atomic E-state index is 17.0. The van der Waals surface area contributed by atoms with Crippen molar-refractivity contribution in [2.24, 2.45) is 0 Å². The summed E-state index contributed by atoms with van der Waals surface area (Å²) in [6.07, 6.45) is -8.42. The molecule has 22 heteroatoms. The highest BCUT2D eigenvalue weighted by molar-refractivity contribution is 7.14. The fourth-order valence-electron chi connectivity index (χ4n) is 5.66. The zero-order chi connectivity index (χ0) is 39.2. The van der Waals surface area contributed by atoms with Crippen molar-refractivity contribution < 1.29 is 88.3 Å². The normalized spacial score (nSPS) is 16.3. The van der Waals surface area contributed by atoms with Crippen LogP contribution in [0.2, 0.25) is 0 Å². The Labute approximate surface area is 273 Å². The third kappa shape index (κ3) is 6.07. The van der Waals surface area contributed by atoms with Crippen molar-refractivity contribution in [2.45, 2.75) is 26.5 Å². The molecule has 0 spiro atoms. The summed E-state index contributed by atoms with van der Waals surface area (Å²) >= 11 is 0. The van der Waals surface area contributed by atoms with Crippen LogP contribution in [0.3, 0.4) is 0 Å². The molecule has 0 aromatic heterocycles. The minimum Gasteiger partial charge on any atom is -0.352 e. The monoisotopic (exact) mass is 766 g/mol. The molecule has 2 nitrogen and oxygen atoms in total. The van der Waals surface area contributed by atoms with Gasteiger partial charge < -0.3 is 10.2 Å². The average molecular weight is 766 g/mol. The van der Waals surface area contributed by atoms with Crippen LogP contribution in [0.25, 0.3) is 0 Å². The van der Waals surface area contributed by atoms with Crippen molar-refractivity contribution in [3.63, 3.8) is 0 Å². The Morgan fingerprint density at radius 3 is 0.902 bits per heavy atom. The molecule has 1 atom stereocenters. The highest BCUT2D eigenvalue weighted by atomic mass is 19.2. The summed E-state index contributed by atoms with van der Waals surface area (Å²) in [5.41, 5.74) is -16.7. The summed E-state index contributed by atoms with van der Waals surface area (Å²) in [7, 11) is 0. The molecular weight excluding hydrogens is 748 g/mol. The Morgan fingerprint density at radius 1 is 0.451 bits per heavy atom. The highest BCUT2D eigenvalue weighted by Gasteiger charge is 2.63. The SMILES string of the molecule is CC[NH+](CC)CC.FC1=CC(F)=C(F)NC1(F)[B-](c1c(F)c(F)c(F)c(F)c1F)(c1c(F)c(F)c(F)c(F)c1F)c1c(F)c(F)c(F)c(F)c1F. The van der Waals surface area contributed by atoms with Crippen molar-refractivity contribution in [1.82, 2.24) is 5.32 Å². The van der Waals surface area contributed by atoms with Crippen molar-refractivity contribution in [1.29, 1.82) is 0 Å². The van der Waals surface area contributed by atoms with E-state index in [2.05, 4.69) is 20.8 Å². The molecule has 1 aliphatic rings. The molecule has 3 aromatic carbocycles. The summed E-state index contributed by atoms with van der Waals surface area (Å²) in [4.78, 5) is 1.68.